The Kier molecular flexibility index (Phi) is 4.07. The first-order valence-electron chi connectivity index (χ1n) is 6.30. The van der Waals surface area contributed by atoms with Crippen molar-refractivity contribution in [2.24, 2.45) is 0 Å². The normalized spacial score (nSPS) is 26.3. The number of nitrogens with zero attached hydrogens (tertiary/aromatic N) is 3. The molecule has 0 amide bonds. The van der Waals surface area contributed by atoms with Crippen molar-refractivity contribution >= 4 is 15.9 Å². The van der Waals surface area contributed by atoms with Crippen LogP contribution in [-0.2, 0) is 10.2 Å². The van der Waals surface area contributed by atoms with Gasteiger partial charge in [-0.15, -0.1) is 0 Å². The Hall–Kier alpha value is -1.18. The first-order chi connectivity index (χ1) is 8.90. The van der Waals surface area contributed by atoms with E-state index in [-0.39, 0.29) is 12.1 Å². The Bertz CT molecular complexity index is 508. The molecule has 7 heteroatoms. The maximum Gasteiger partial charge on any atom is 0.301 e. The fourth-order valence-corrected chi connectivity index (χ4v) is 3.56. The van der Waals surface area contributed by atoms with E-state index in [9.17, 15) is 8.42 Å². The monoisotopic (exact) mass is 284 g/mol. The molecule has 2 atom stereocenters. The molecule has 0 aromatic carbocycles. The van der Waals surface area contributed by atoms with E-state index in [1.165, 1.54) is 10.5 Å². The van der Waals surface area contributed by atoms with Gasteiger partial charge in [0, 0.05) is 31.4 Å². The van der Waals surface area contributed by atoms with Crippen LogP contribution in [0.5, 0.6) is 0 Å². The maximum atomic E-state index is 12.3. The lowest BCUT2D eigenvalue weighted by molar-refractivity contribution is 0.105. The number of aromatic nitrogens is 1. The van der Waals surface area contributed by atoms with Gasteiger partial charge in [0.1, 0.15) is 0 Å². The number of likely N-dealkylation sites (N-methyl/N-ethyl adjacent to an activating group) is 1. The van der Waals surface area contributed by atoms with Gasteiger partial charge >= 0.3 is 10.2 Å². The lowest BCUT2D eigenvalue weighted by atomic mass is 10.1. The van der Waals surface area contributed by atoms with Gasteiger partial charge < -0.3 is 0 Å². The fourth-order valence-electron chi connectivity index (χ4n) is 2.19. The zero-order chi connectivity index (χ0) is 14.0. The lowest BCUT2D eigenvalue weighted by Gasteiger charge is -2.41. The smallest absolute Gasteiger partial charge is 0.298 e. The van der Waals surface area contributed by atoms with Crippen molar-refractivity contribution in [3.63, 3.8) is 0 Å². The van der Waals surface area contributed by atoms with Crippen molar-refractivity contribution in [2.75, 3.05) is 24.9 Å². The van der Waals surface area contributed by atoms with Crippen LogP contribution < -0.4 is 4.72 Å². The van der Waals surface area contributed by atoms with Gasteiger partial charge in [-0.3, -0.25) is 14.6 Å². The molecule has 2 unspecified atom stereocenters. The van der Waals surface area contributed by atoms with Crippen molar-refractivity contribution in [3.05, 3.63) is 24.5 Å². The molecule has 1 aromatic heterocycles. The molecule has 106 valence electrons. The summed E-state index contributed by atoms with van der Waals surface area (Å²) in [4.78, 5) is 6.09. The molecule has 0 aliphatic carbocycles. The summed E-state index contributed by atoms with van der Waals surface area (Å²) in [6.45, 7) is 5.05. The summed E-state index contributed by atoms with van der Waals surface area (Å²) in [7, 11) is -1.49. The van der Waals surface area contributed by atoms with Crippen molar-refractivity contribution in [3.8, 4) is 0 Å². The molecule has 1 fully saturated rings. The van der Waals surface area contributed by atoms with E-state index in [1.807, 2.05) is 20.9 Å². The summed E-state index contributed by atoms with van der Waals surface area (Å²) in [5, 5.41) is 0. The molecule has 1 aromatic rings. The molecule has 2 heterocycles. The highest BCUT2D eigenvalue weighted by atomic mass is 32.2. The van der Waals surface area contributed by atoms with Crippen molar-refractivity contribution in [1.82, 2.24) is 14.2 Å². The van der Waals surface area contributed by atoms with Gasteiger partial charge in [-0.25, -0.2) is 0 Å². The molecule has 2 rings (SSSR count). The summed E-state index contributed by atoms with van der Waals surface area (Å²) >= 11 is 0. The van der Waals surface area contributed by atoms with Crippen LogP contribution in [0, 0.1) is 0 Å². The van der Waals surface area contributed by atoms with E-state index >= 15 is 0 Å². The number of pyridine rings is 1. The van der Waals surface area contributed by atoms with Gasteiger partial charge in [0.2, 0.25) is 0 Å². The largest absolute Gasteiger partial charge is 0.301 e. The minimum atomic E-state index is -3.51. The summed E-state index contributed by atoms with van der Waals surface area (Å²) in [5.41, 5.74) is 0.488. The Morgan fingerprint density at radius 2 is 1.95 bits per heavy atom. The van der Waals surface area contributed by atoms with Crippen LogP contribution in [0.4, 0.5) is 5.69 Å². The Morgan fingerprint density at radius 3 is 2.47 bits per heavy atom. The molecule has 1 saturated heterocycles. The summed E-state index contributed by atoms with van der Waals surface area (Å²) in [6.07, 6.45) is 3.11. The van der Waals surface area contributed by atoms with Gasteiger partial charge in [-0.05, 0) is 33.0 Å². The highest BCUT2D eigenvalue weighted by Crippen LogP contribution is 2.18. The second-order valence-corrected chi connectivity index (χ2v) is 6.70. The number of hydrogen-bond donors (Lipinski definition) is 1. The first kappa shape index (κ1) is 14.2. The van der Waals surface area contributed by atoms with E-state index in [1.54, 1.807) is 18.3 Å². The topological polar surface area (TPSA) is 65.5 Å². The van der Waals surface area contributed by atoms with Gasteiger partial charge in [0.15, 0.2) is 0 Å². The van der Waals surface area contributed by atoms with Crippen molar-refractivity contribution < 1.29 is 8.42 Å². The predicted octanol–water partition coefficient (Wildman–Crippen LogP) is 0.763. The molecule has 1 aliphatic heterocycles. The highest BCUT2D eigenvalue weighted by molar-refractivity contribution is 7.90. The van der Waals surface area contributed by atoms with Gasteiger partial charge in [0.25, 0.3) is 0 Å². The summed E-state index contributed by atoms with van der Waals surface area (Å²) < 4.78 is 28.7. The zero-order valence-corrected chi connectivity index (χ0v) is 12.3. The third-order valence-corrected chi connectivity index (χ3v) is 5.05. The number of hydrogen-bond acceptors (Lipinski definition) is 4. The van der Waals surface area contributed by atoms with E-state index in [2.05, 4.69) is 14.6 Å². The van der Waals surface area contributed by atoms with Gasteiger partial charge in [0.05, 0.1) is 11.9 Å². The van der Waals surface area contributed by atoms with E-state index in [0.717, 1.165) is 0 Å². The third kappa shape index (κ3) is 3.23. The van der Waals surface area contributed by atoms with E-state index in [0.29, 0.717) is 18.8 Å². The molecule has 0 bridgehead atoms. The molecule has 1 N–H and O–H groups in total. The zero-order valence-electron chi connectivity index (χ0n) is 11.4. The first-order valence-corrected chi connectivity index (χ1v) is 7.74. The number of anilines is 1. The Balaban J connectivity index is 2.12. The predicted molar refractivity (Wildman–Crippen MR) is 75.0 cm³/mol. The van der Waals surface area contributed by atoms with Crippen LogP contribution in [0.3, 0.4) is 0 Å². The molecule has 0 spiro atoms. The number of rotatable bonds is 3. The summed E-state index contributed by atoms with van der Waals surface area (Å²) in [5.74, 6) is 0. The number of nitrogens with one attached hydrogen (secondary N) is 1. The lowest BCUT2D eigenvalue weighted by Crippen LogP contribution is -2.57. The Labute approximate surface area is 114 Å². The van der Waals surface area contributed by atoms with Crippen LogP contribution in [0.2, 0.25) is 0 Å². The second-order valence-electron chi connectivity index (χ2n) is 5.03. The van der Waals surface area contributed by atoms with Crippen LogP contribution in [-0.4, -0.2) is 54.8 Å². The number of piperazine rings is 1. The van der Waals surface area contributed by atoms with E-state index in [4.69, 9.17) is 0 Å². The van der Waals surface area contributed by atoms with Crippen molar-refractivity contribution in [1.29, 1.82) is 0 Å². The van der Waals surface area contributed by atoms with Crippen LogP contribution in [0.1, 0.15) is 13.8 Å². The third-order valence-electron chi connectivity index (χ3n) is 3.57. The fraction of sp³-hybridized carbons (Fsp3) is 0.583. The molecule has 0 radical (unpaired) electrons. The average molecular weight is 284 g/mol. The standard InChI is InChI=1S/C12H20N4O2S/c1-10-8-16(9-11(2)15(10)3)19(17,18)14-12-5-4-6-13-7-12/h4-7,10-11,14H,8-9H2,1-3H3. The Morgan fingerprint density at radius 1 is 1.32 bits per heavy atom. The quantitative estimate of drug-likeness (QED) is 0.890. The molecule has 6 nitrogen and oxygen atoms in total. The van der Waals surface area contributed by atoms with E-state index < -0.39 is 10.2 Å². The van der Waals surface area contributed by atoms with Gasteiger partial charge in [-0.1, -0.05) is 0 Å². The van der Waals surface area contributed by atoms with Crippen LogP contribution in [0.25, 0.3) is 0 Å². The molecular formula is C12H20N4O2S. The highest BCUT2D eigenvalue weighted by Gasteiger charge is 2.33. The SMILES string of the molecule is CC1CN(S(=O)(=O)Nc2cccnc2)CC(C)N1C. The molecule has 0 saturated carbocycles. The minimum Gasteiger partial charge on any atom is -0.298 e. The maximum absolute atomic E-state index is 12.3. The van der Waals surface area contributed by atoms with Crippen molar-refractivity contribution in [2.45, 2.75) is 25.9 Å². The average Bonchev–Trinajstić information content (AvgIpc) is 2.36. The molecule has 1 aliphatic rings. The van der Waals surface area contributed by atoms with Crippen LogP contribution in [0.15, 0.2) is 24.5 Å². The molecular weight excluding hydrogens is 264 g/mol. The summed E-state index contributed by atoms with van der Waals surface area (Å²) in [6, 6.07) is 3.80. The van der Waals surface area contributed by atoms with Gasteiger partial charge in [-0.2, -0.15) is 12.7 Å². The second kappa shape index (κ2) is 5.44. The molecule has 19 heavy (non-hydrogen) atoms. The minimum absolute atomic E-state index is 0.203. The van der Waals surface area contributed by atoms with Crippen LogP contribution >= 0.6 is 0 Å².